The Hall–Kier alpha value is -1.68. The summed E-state index contributed by atoms with van der Waals surface area (Å²) < 4.78 is 12.8. The molecule has 0 bridgehead atoms. The van der Waals surface area contributed by atoms with Gasteiger partial charge in [0, 0.05) is 25.2 Å². The van der Waals surface area contributed by atoms with E-state index in [0.29, 0.717) is 12.5 Å². The molecule has 3 nitrogen and oxygen atoms in total. The highest BCUT2D eigenvalue weighted by molar-refractivity contribution is 5.92. The minimum Gasteiger partial charge on any atom is -0.335 e. The maximum Gasteiger partial charge on any atom is 0.246 e. The van der Waals surface area contributed by atoms with Crippen molar-refractivity contribution in [1.82, 2.24) is 4.90 Å². The molecule has 4 heteroatoms. The Labute approximate surface area is 125 Å². The van der Waals surface area contributed by atoms with Gasteiger partial charge in [-0.3, -0.25) is 4.79 Å². The predicted octanol–water partition coefficient (Wildman–Crippen LogP) is 2.81. The average Bonchev–Trinajstić information content (AvgIpc) is 2.53. The Bertz CT molecular complexity index is 498. The lowest BCUT2D eigenvalue weighted by molar-refractivity contribution is -0.130. The molecule has 1 fully saturated rings. The molecule has 2 atom stereocenters. The van der Waals surface area contributed by atoms with Crippen molar-refractivity contribution in [2.75, 3.05) is 13.1 Å². The predicted molar refractivity (Wildman–Crippen MR) is 83.0 cm³/mol. The number of amides is 1. The molecule has 2 unspecified atom stereocenters. The summed E-state index contributed by atoms with van der Waals surface area (Å²) in [4.78, 5) is 14.2. The minimum atomic E-state index is -0.275. The van der Waals surface area contributed by atoms with Crippen molar-refractivity contribution >= 4 is 12.0 Å². The van der Waals surface area contributed by atoms with E-state index in [0.717, 1.165) is 31.4 Å². The standard InChI is InChI=1S/C17H23FN2O/c1-2-13-9-10-20(16(11-13)12-19)17(21)8-5-14-3-6-15(18)7-4-14/h3-8,13,16H,2,9-12,19H2,1H3/b8-5+. The molecule has 0 saturated carbocycles. The minimum absolute atomic E-state index is 0.00988. The van der Waals surface area contributed by atoms with E-state index < -0.39 is 0 Å². The van der Waals surface area contributed by atoms with Crippen LogP contribution in [0.4, 0.5) is 4.39 Å². The molecular formula is C17H23FN2O. The summed E-state index contributed by atoms with van der Waals surface area (Å²) in [6, 6.07) is 6.22. The summed E-state index contributed by atoms with van der Waals surface area (Å²) in [6.07, 6.45) is 6.46. The quantitative estimate of drug-likeness (QED) is 0.867. The monoisotopic (exact) mass is 290 g/mol. The van der Waals surface area contributed by atoms with Crippen LogP contribution in [0.5, 0.6) is 0 Å². The van der Waals surface area contributed by atoms with Gasteiger partial charge < -0.3 is 10.6 Å². The number of halogens is 1. The molecule has 0 spiro atoms. The van der Waals surface area contributed by atoms with Crippen LogP contribution in [0.2, 0.25) is 0 Å². The molecule has 0 radical (unpaired) electrons. The van der Waals surface area contributed by atoms with E-state index in [1.54, 1.807) is 24.3 Å². The molecule has 1 aliphatic heterocycles. The number of hydrogen-bond acceptors (Lipinski definition) is 2. The fourth-order valence-corrected chi connectivity index (χ4v) is 2.86. The van der Waals surface area contributed by atoms with Gasteiger partial charge in [-0.05, 0) is 42.5 Å². The molecular weight excluding hydrogens is 267 g/mol. The third-order valence-electron chi connectivity index (χ3n) is 4.25. The average molecular weight is 290 g/mol. The third kappa shape index (κ3) is 4.14. The van der Waals surface area contributed by atoms with E-state index in [9.17, 15) is 9.18 Å². The van der Waals surface area contributed by atoms with Crippen LogP contribution < -0.4 is 5.73 Å². The van der Waals surface area contributed by atoms with Crippen LogP contribution in [-0.4, -0.2) is 29.9 Å². The highest BCUT2D eigenvalue weighted by atomic mass is 19.1. The van der Waals surface area contributed by atoms with Gasteiger partial charge in [0.05, 0.1) is 0 Å². The van der Waals surface area contributed by atoms with Crippen LogP contribution in [0.3, 0.4) is 0 Å². The Balaban J connectivity index is 2.00. The van der Waals surface area contributed by atoms with Gasteiger partial charge in [0.15, 0.2) is 0 Å². The molecule has 0 aliphatic carbocycles. The second-order valence-corrected chi connectivity index (χ2v) is 5.60. The molecule has 1 saturated heterocycles. The summed E-state index contributed by atoms with van der Waals surface area (Å²) in [5.74, 6) is 0.385. The zero-order valence-corrected chi connectivity index (χ0v) is 12.5. The number of likely N-dealkylation sites (tertiary alicyclic amines) is 1. The van der Waals surface area contributed by atoms with Crippen molar-refractivity contribution in [2.45, 2.75) is 32.2 Å². The van der Waals surface area contributed by atoms with Gasteiger partial charge in [-0.1, -0.05) is 25.5 Å². The van der Waals surface area contributed by atoms with Crippen LogP contribution in [0.25, 0.3) is 6.08 Å². The number of carbonyl (C=O) groups excluding carboxylic acids is 1. The summed E-state index contributed by atoms with van der Waals surface area (Å²) in [6.45, 7) is 3.46. The second-order valence-electron chi connectivity index (χ2n) is 5.60. The van der Waals surface area contributed by atoms with Gasteiger partial charge in [-0.2, -0.15) is 0 Å². The summed E-state index contributed by atoms with van der Waals surface area (Å²) in [5.41, 5.74) is 6.63. The summed E-state index contributed by atoms with van der Waals surface area (Å²) >= 11 is 0. The van der Waals surface area contributed by atoms with E-state index >= 15 is 0 Å². The smallest absolute Gasteiger partial charge is 0.246 e. The highest BCUT2D eigenvalue weighted by Gasteiger charge is 2.28. The number of benzene rings is 1. The van der Waals surface area contributed by atoms with Crippen molar-refractivity contribution in [1.29, 1.82) is 0 Å². The Kier molecular flexibility index (Phi) is 5.51. The van der Waals surface area contributed by atoms with Crippen molar-refractivity contribution in [3.05, 3.63) is 41.7 Å². The first kappa shape index (κ1) is 15.7. The van der Waals surface area contributed by atoms with E-state index in [1.165, 1.54) is 12.1 Å². The first-order chi connectivity index (χ1) is 10.1. The van der Waals surface area contributed by atoms with Crippen LogP contribution in [0.15, 0.2) is 30.3 Å². The van der Waals surface area contributed by atoms with Crippen molar-refractivity contribution < 1.29 is 9.18 Å². The van der Waals surface area contributed by atoms with Crippen LogP contribution >= 0.6 is 0 Å². The van der Waals surface area contributed by atoms with Gasteiger partial charge >= 0.3 is 0 Å². The Morgan fingerprint density at radius 1 is 1.43 bits per heavy atom. The largest absolute Gasteiger partial charge is 0.335 e. The fourth-order valence-electron chi connectivity index (χ4n) is 2.86. The van der Waals surface area contributed by atoms with Crippen LogP contribution in [-0.2, 0) is 4.79 Å². The zero-order chi connectivity index (χ0) is 15.2. The number of nitrogens with zero attached hydrogens (tertiary/aromatic N) is 1. The molecule has 114 valence electrons. The second kappa shape index (κ2) is 7.36. The van der Waals surface area contributed by atoms with E-state index in [2.05, 4.69) is 6.92 Å². The molecule has 0 aromatic heterocycles. The van der Waals surface area contributed by atoms with E-state index in [1.807, 2.05) is 4.90 Å². The van der Waals surface area contributed by atoms with Gasteiger partial charge in [0.1, 0.15) is 5.82 Å². The topological polar surface area (TPSA) is 46.3 Å². The molecule has 1 aliphatic rings. The normalized spacial score (nSPS) is 22.7. The van der Waals surface area contributed by atoms with Gasteiger partial charge in [0.25, 0.3) is 0 Å². The highest BCUT2D eigenvalue weighted by Crippen LogP contribution is 2.25. The first-order valence-electron chi connectivity index (χ1n) is 7.58. The van der Waals surface area contributed by atoms with Crippen molar-refractivity contribution in [2.24, 2.45) is 11.7 Å². The number of piperidine rings is 1. The summed E-state index contributed by atoms with van der Waals surface area (Å²) in [7, 11) is 0. The van der Waals surface area contributed by atoms with Gasteiger partial charge in [-0.15, -0.1) is 0 Å². The summed E-state index contributed by atoms with van der Waals surface area (Å²) in [5, 5.41) is 0. The van der Waals surface area contributed by atoms with Crippen LogP contribution in [0, 0.1) is 11.7 Å². The van der Waals surface area contributed by atoms with E-state index in [4.69, 9.17) is 5.73 Å². The Morgan fingerprint density at radius 2 is 2.14 bits per heavy atom. The third-order valence-corrected chi connectivity index (χ3v) is 4.25. The van der Waals surface area contributed by atoms with Crippen molar-refractivity contribution in [3.63, 3.8) is 0 Å². The number of nitrogens with two attached hydrogens (primary N) is 1. The molecule has 1 aromatic carbocycles. The molecule has 21 heavy (non-hydrogen) atoms. The molecule has 1 amide bonds. The lowest BCUT2D eigenvalue weighted by atomic mass is 9.89. The van der Waals surface area contributed by atoms with Crippen molar-refractivity contribution in [3.8, 4) is 0 Å². The molecule has 1 aromatic rings. The fraction of sp³-hybridized carbons (Fsp3) is 0.471. The molecule has 1 heterocycles. The van der Waals surface area contributed by atoms with E-state index in [-0.39, 0.29) is 17.8 Å². The van der Waals surface area contributed by atoms with Gasteiger partial charge in [-0.25, -0.2) is 4.39 Å². The number of rotatable bonds is 4. The zero-order valence-electron chi connectivity index (χ0n) is 12.5. The molecule has 2 N–H and O–H groups in total. The number of hydrogen-bond donors (Lipinski definition) is 1. The first-order valence-corrected chi connectivity index (χ1v) is 7.58. The van der Waals surface area contributed by atoms with Gasteiger partial charge in [0.2, 0.25) is 5.91 Å². The maximum atomic E-state index is 12.8. The molecule has 2 rings (SSSR count). The SMILES string of the molecule is CCC1CCN(C(=O)/C=C/c2ccc(F)cc2)C(CN)C1. The lowest BCUT2D eigenvalue weighted by Gasteiger charge is -2.38. The number of carbonyl (C=O) groups is 1. The maximum absolute atomic E-state index is 12.8. The Morgan fingerprint density at radius 3 is 2.76 bits per heavy atom. The lowest BCUT2D eigenvalue weighted by Crippen LogP contribution is -2.49. The van der Waals surface area contributed by atoms with Crippen LogP contribution in [0.1, 0.15) is 31.7 Å².